The second-order valence-corrected chi connectivity index (χ2v) is 6.28. The lowest BCUT2D eigenvalue weighted by atomic mass is 10.1. The number of halogens is 1. The Hall–Kier alpha value is -2.79. The van der Waals surface area contributed by atoms with Crippen molar-refractivity contribution in [3.8, 4) is 11.3 Å². The third kappa shape index (κ3) is 5.10. The molecule has 134 valence electrons. The SMILES string of the molecule is CN=C(NCCc1ccc(Cl)cc1)NCc1ncc(-c2ccccc2)[nH]1. The fourth-order valence-electron chi connectivity index (χ4n) is 2.58. The van der Waals surface area contributed by atoms with Crippen molar-refractivity contribution in [1.82, 2.24) is 20.6 Å². The van der Waals surface area contributed by atoms with Crippen molar-refractivity contribution in [2.75, 3.05) is 13.6 Å². The molecule has 0 aliphatic rings. The molecule has 0 saturated heterocycles. The van der Waals surface area contributed by atoms with E-state index in [1.54, 1.807) is 7.05 Å². The van der Waals surface area contributed by atoms with Gasteiger partial charge in [-0.15, -0.1) is 0 Å². The quantitative estimate of drug-likeness (QED) is 0.460. The lowest BCUT2D eigenvalue weighted by Crippen LogP contribution is -2.38. The molecule has 0 amide bonds. The number of hydrogen-bond acceptors (Lipinski definition) is 2. The second kappa shape index (κ2) is 9.06. The van der Waals surface area contributed by atoms with Gasteiger partial charge in [-0.05, 0) is 29.7 Å². The smallest absolute Gasteiger partial charge is 0.191 e. The van der Waals surface area contributed by atoms with Gasteiger partial charge in [0.25, 0.3) is 0 Å². The molecule has 0 aliphatic carbocycles. The topological polar surface area (TPSA) is 65.1 Å². The Morgan fingerprint density at radius 2 is 1.85 bits per heavy atom. The molecule has 26 heavy (non-hydrogen) atoms. The standard InChI is InChI=1S/C20H22ClN5/c1-22-20(23-12-11-15-7-9-17(21)10-8-15)25-14-19-24-13-18(26-19)16-5-3-2-4-6-16/h2-10,13H,11-12,14H2,1H3,(H,24,26)(H2,22,23,25). The van der Waals surface area contributed by atoms with E-state index in [9.17, 15) is 0 Å². The van der Waals surface area contributed by atoms with Crippen LogP contribution in [0.3, 0.4) is 0 Å². The Balaban J connectivity index is 1.47. The molecule has 6 heteroatoms. The van der Waals surface area contributed by atoms with Crippen LogP contribution in [-0.4, -0.2) is 29.5 Å². The van der Waals surface area contributed by atoms with Crippen molar-refractivity contribution < 1.29 is 0 Å². The van der Waals surface area contributed by atoms with E-state index in [1.807, 2.05) is 48.7 Å². The normalized spacial score (nSPS) is 11.4. The lowest BCUT2D eigenvalue weighted by Gasteiger charge is -2.11. The highest BCUT2D eigenvalue weighted by Gasteiger charge is 2.04. The Bertz CT molecular complexity index is 840. The minimum atomic E-state index is 0.577. The van der Waals surface area contributed by atoms with E-state index in [2.05, 4.69) is 37.7 Å². The lowest BCUT2D eigenvalue weighted by molar-refractivity contribution is 0.773. The van der Waals surface area contributed by atoms with Gasteiger partial charge >= 0.3 is 0 Å². The second-order valence-electron chi connectivity index (χ2n) is 5.84. The van der Waals surface area contributed by atoms with E-state index in [-0.39, 0.29) is 0 Å². The highest BCUT2D eigenvalue weighted by Crippen LogP contribution is 2.15. The van der Waals surface area contributed by atoms with Crippen LogP contribution in [0.5, 0.6) is 0 Å². The van der Waals surface area contributed by atoms with Gasteiger partial charge in [0.05, 0.1) is 18.4 Å². The number of hydrogen-bond donors (Lipinski definition) is 3. The largest absolute Gasteiger partial charge is 0.356 e. The summed E-state index contributed by atoms with van der Waals surface area (Å²) in [5.41, 5.74) is 3.36. The van der Waals surface area contributed by atoms with Gasteiger partial charge in [-0.2, -0.15) is 0 Å². The summed E-state index contributed by atoms with van der Waals surface area (Å²) in [7, 11) is 1.76. The first-order chi connectivity index (χ1) is 12.7. The number of imidazole rings is 1. The number of guanidine groups is 1. The number of aliphatic imine (C=N–C) groups is 1. The molecule has 0 saturated carbocycles. The van der Waals surface area contributed by atoms with Crippen LogP contribution >= 0.6 is 11.6 Å². The van der Waals surface area contributed by atoms with Gasteiger partial charge in [0.2, 0.25) is 0 Å². The van der Waals surface area contributed by atoms with Crippen LogP contribution in [-0.2, 0) is 13.0 Å². The van der Waals surface area contributed by atoms with Gasteiger partial charge in [-0.1, -0.05) is 54.1 Å². The predicted molar refractivity (Wildman–Crippen MR) is 107 cm³/mol. The number of benzene rings is 2. The van der Waals surface area contributed by atoms with E-state index in [0.29, 0.717) is 6.54 Å². The maximum atomic E-state index is 5.91. The van der Waals surface area contributed by atoms with Crippen LogP contribution in [0.15, 0.2) is 65.8 Å². The number of aromatic nitrogens is 2. The molecule has 3 aromatic rings. The summed E-state index contributed by atoms with van der Waals surface area (Å²) < 4.78 is 0. The number of nitrogens with one attached hydrogen (secondary N) is 3. The molecule has 0 aliphatic heterocycles. The summed E-state index contributed by atoms with van der Waals surface area (Å²) >= 11 is 5.91. The number of rotatable bonds is 6. The first kappa shape index (κ1) is 18.0. The molecule has 1 heterocycles. The fraction of sp³-hybridized carbons (Fsp3) is 0.200. The molecule has 3 N–H and O–H groups in total. The van der Waals surface area contributed by atoms with Crippen molar-refractivity contribution in [2.45, 2.75) is 13.0 Å². The molecule has 2 aromatic carbocycles. The zero-order chi connectivity index (χ0) is 18.2. The summed E-state index contributed by atoms with van der Waals surface area (Å²) in [6.45, 7) is 1.36. The van der Waals surface area contributed by atoms with Crippen LogP contribution < -0.4 is 10.6 Å². The van der Waals surface area contributed by atoms with Gasteiger partial charge in [0.1, 0.15) is 5.82 Å². The van der Waals surface area contributed by atoms with Crippen LogP contribution in [0, 0.1) is 0 Å². The summed E-state index contributed by atoms with van der Waals surface area (Å²) in [6.07, 6.45) is 2.75. The number of nitrogens with zero attached hydrogens (tertiary/aromatic N) is 2. The zero-order valence-electron chi connectivity index (χ0n) is 14.7. The third-order valence-corrected chi connectivity index (χ3v) is 4.23. The van der Waals surface area contributed by atoms with Gasteiger partial charge in [0, 0.05) is 18.6 Å². The Kier molecular flexibility index (Phi) is 6.28. The number of H-pyrrole nitrogens is 1. The third-order valence-electron chi connectivity index (χ3n) is 3.98. The van der Waals surface area contributed by atoms with E-state index in [1.165, 1.54) is 5.56 Å². The van der Waals surface area contributed by atoms with Crippen LogP contribution in [0.25, 0.3) is 11.3 Å². The molecule has 0 unspecified atom stereocenters. The zero-order valence-corrected chi connectivity index (χ0v) is 15.4. The minimum absolute atomic E-state index is 0.577. The highest BCUT2D eigenvalue weighted by molar-refractivity contribution is 6.30. The molecule has 0 fully saturated rings. The van der Waals surface area contributed by atoms with E-state index in [0.717, 1.165) is 41.0 Å². The fourth-order valence-corrected chi connectivity index (χ4v) is 2.71. The Morgan fingerprint density at radius 1 is 1.08 bits per heavy atom. The molecule has 0 spiro atoms. The maximum Gasteiger partial charge on any atom is 0.191 e. The van der Waals surface area contributed by atoms with E-state index < -0.39 is 0 Å². The van der Waals surface area contributed by atoms with Crippen molar-refractivity contribution in [3.05, 3.63) is 77.2 Å². The molecular formula is C20H22ClN5. The Labute approximate surface area is 158 Å². The Morgan fingerprint density at radius 3 is 2.58 bits per heavy atom. The van der Waals surface area contributed by atoms with Crippen molar-refractivity contribution in [2.24, 2.45) is 4.99 Å². The molecule has 0 bridgehead atoms. The van der Waals surface area contributed by atoms with Gasteiger partial charge < -0.3 is 15.6 Å². The van der Waals surface area contributed by atoms with Gasteiger partial charge in [-0.25, -0.2) is 4.98 Å². The van der Waals surface area contributed by atoms with Crippen LogP contribution in [0.2, 0.25) is 5.02 Å². The maximum absolute atomic E-state index is 5.91. The molecular weight excluding hydrogens is 346 g/mol. The number of aromatic amines is 1. The van der Waals surface area contributed by atoms with Crippen molar-refractivity contribution >= 4 is 17.6 Å². The predicted octanol–water partition coefficient (Wildman–Crippen LogP) is 3.64. The minimum Gasteiger partial charge on any atom is -0.356 e. The summed E-state index contributed by atoms with van der Waals surface area (Å²) in [4.78, 5) is 12.0. The van der Waals surface area contributed by atoms with Crippen molar-refractivity contribution in [1.29, 1.82) is 0 Å². The summed E-state index contributed by atoms with van der Waals surface area (Å²) in [5, 5.41) is 7.33. The first-order valence-corrected chi connectivity index (χ1v) is 8.90. The van der Waals surface area contributed by atoms with Gasteiger partial charge in [0.15, 0.2) is 5.96 Å². The van der Waals surface area contributed by atoms with Gasteiger partial charge in [-0.3, -0.25) is 4.99 Å². The molecule has 0 atom stereocenters. The van der Waals surface area contributed by atoms with Crippen molar-refractivity contribution in [3.63, 3.8) is 0 Å². The molecule has 1 aromatic heterocycles. The van der Waals surface area contributed by atoms with Crippen LogP contribution in [0.1, 0.15) is 11.4 Å². The average molecular weight is 368 g/mol. The summed E-state index contributed by atoms with van der Waals surface area (Å²) in [6, 6.07) is 18.0. The summed E-state index contributed by atoms with van der Waals surface area (Å²) in [5.74, 6) is 1.61. The van der Waals surface area contributed by atoms with E-state index in [4.69, 9.17) is 11.6 Å². The monoisotopic (exact) mass is 367 g/mol. The first-order valence-electron chi connectivity index (χ1n) is 8.53. The molecule has 0 radical (unpaired) electrons. The van der Waals surface area contributed by atoms with Crippen LogP contribution in [0.4, 0.5) is 0 Å². The van der Waals surface area contributed by atoms with E-state index >= 15 is 0 Å². The molecule has 3 rings (SSSR count). The average Bonchev–Trinajstić information content (AvgIpc) is 3.16. The molecule has 5 nitrogen and oxygen atoms in total. The highest BCUT2D eigenvalue weighted by atomic mass is 35.5.